The van der Waals surface area contributed by atoms with E-state index in [-0.39, 0.29) is 18.0 Å². The molecule has 25 heavy (non-hydrogen) atoms. The molecule has 1 aliphatic heterocycles. The van der Waals surface area contributed by atoms with E-state index in [2.05, 4.69) is 4.98 Å². The summed E-state index contributed by atoms with van der Waals surface area (Å²) in [6.07, 6.45) is 4.76. The van der Waals surface area contributed by atoms with Gasteiger partial charge < -0.3 is 4.90 Å². The number of rotatable bonds is 3. The largest absolute Gasteiger partial charge is 0.341 e. The molecule has 0 atom stereocenters. The molecule has 128 valence electrons. The predicted octanol–water partition coefficient (Wildman–Crippen LogP) is 3.14. The minimum atomic E-state index is -0.143. The number of hydrogen-bond donors (Lipinski definition) is 0. The van der Waals surface area contributed by atoms with Gasteiger partial charge in [0.15, 0.2) is 0 Å². The van der Waals surface area contributed by atoms with Gasteiger partial charge in [-0.25, -0.2) is 4.98 Å². The molecule has 0 aliphatic carbocycles. The van der Waals surface area contributed by atoms with Crippen molar-refractivity contribution in [2.75, 3.05) is 13.1 Å². The van der Waals surface area contributed by atoms with Crippen LogP contribution >= 0.6 is 11.3 Å². The maximum Gasteiger partial charge on any atom is 0.263 e. The fourth-order valence-corrected chi connectivity index (χ4v) is 4.21. The van der Waals surface area contributed by atoms with Crippen LogP contribution in [-0.2, 0) is 11.3 Å². The van der Waals surface area contributed by atoms with Crippen LogP contribution in [0.4, 0.5) is 0 Å². The van der Waals surface area contributed by atoms with E-state index < -0.39 is 0 Å². The second-order valence-electron chi connectivity index (χ2n) is 6.31. The molecule has 1 aliphatic rings. The summed E-state index contributed by atoms with van der Waals surface area (Å²) in [7, 11) is 0. The highest BCUT2D eigenvalue weighted by atomic mass is 32.1. The molecule has 0 spiro atoms. The number of amides is 1. The van der Waals surface area contributed by atoms with Crippen LogP contribution in [0, 0.1) is 0 Å². The summed E-state index contributed by atoms with van der Waals surface area (Å²) in [6.45, 7) is 1.64. The number of aromatic nitrogens is 2. The Hall–Kier alpha value is -2.47. The summed E-state index contributed by atoms with van der Waals surface area (Å²) < 4.78 is 1.44. The molecule has 0 unspecified atom stereocenters. The number of piperidine rings is 1. The van der Waals surface area contributed by atoms with Gasteiger partial charge in [0.25, 0.3) is 5.56 Å². The van der Waals surface area contributed by atoms with Crippen LogP contribution in [0.1, 0.15) is 19.3 Å². The van der Waals surface area contributed by atoms with Crippen molar-refractivity contribution in [1.29, 1.82) is 0 Å². The highest BCUT2D eigenvalue weighted by molar-refractivity contribution is 7.17. The molecule has 2 aromatic heterocycles. The monoisotopic (exact) mass is 353 g/mol. The van der Waals surface area contributed by atoms with E-state index in [1.54, 1.807) is 0 Å². The molecule has 5 nitrogen and oxygen atoms in total. The van der Waals surface area contributed by atoms with Crippen molar-refractivity contribution in [3.05, 3.63) is 52.4 Å². The normalized spacial score (nSPS) is 14.8. The number of likely N-dealkylation sites (tertiary alicyclic amines) is 1. The van der Waals surface area contributed by atoms with Crippen LogP contribution in [0.2, 0.25) is 0 Å². The van der Waals surface area contributed by atoms with Crippen molar-refractivity contribution in [2.24, 2.45) is 0 Å². The van der Waals surface area contributed by atoms with E-state index in [4.69, 9.17) is 0 Å². The molecule has 3 heterocycles. The summed E-state index contributed by atoms with van der Waals surface area (Å²) >= 11 is 1.46. The lowest BCUT2D eigenvalue weighted by Crippen LogP contribution is -2.39. The Morgan fingerprint density at radius 3 is 2.64 bits per heavy atom. The molecule has 0 radical (unpaired) electrons. The van der Waals surface area contributed by atoms with Gasteiger partial charge in [-0.1, -0.05) is 30.3 Å². The zero-order valence-corrected chi connectivity index (χ0v) is 14.7. The third-order valence-corrected chi connectivity index (χ3v) is 5.55. The first kappa shape index (κ1) is 16.0. The molecule has 6 heteroatoms. The van der Waals surface area contributed by atoms with Crippen LogP contribution in [0.15, 0.2) is 46.8 Å². The smallest absolute Gasteiger partial charge is 0.263 e. The van der Waals surface area contributed by atoms with Crippen molar-refractivity contribution in [3.63, 3.8) is 0 Å². The quantitative estimate of drug-likeness (QED) is 0.727. The number of carbonyl (C=O) groups excluding carboxylic acids is 1. The number of nitrogens with zero attached hydrogens (tertiary/aromatic N) is 3. The first-order valence-corrected chi connectivity index (χ1v) is 9.42. The Morgan fingerprint density at radius 2 is 1.88 bits per heavy atom. The maximum absolute atomic E-state index is 13.0. The first-order chi connectivity index (χ1) is 12.2. The summed E-state index contributed by atoms with van der Waals surface area (Å²) in [5.74, 6) is -0.000518. The summed E-state index contributed by atoms with van der Waals surface area (Å²) in [5, 5.41) is 2.57. The molecule has 0 N–H and O–H groups in total. The SMILES string of the molecule is O=C(Cn1cnc2scc(-c3ccccc3)c2c1=O)N1CCCCC1. The van der Waals surface area contributed by atoms with Gasteiger partial charge in [0.1, 0.15) is 11.4 Å². The van der Waals surface area contributed by atoms with E-state index in [0.29, 0.717) is 10.2 Å². The van der Waals surface area contributed by atoms with Gasteiger partial charge in [0.2, 0.25) is 5.91 Å². The minimum absolute atomic E-state index is 0.000518. The topological polar surface area (TPSA) is 55.2 Å². The van der Waals surface area contributed by atoms with Gasteiger partial charge in [-0.05, 0) is 24.8 Å². The van der Waals surface area contributed by atoms with E-state index in [0.717, 1.165) is 37.1 Å². The Balaban J connectivity index is 1.70. The first-order valence-electron chi connectivity index (χ1n) is 8.54. The van der Waals surface area contributed by atoms with Crippen molar-refractivity contribution in [2.45, 2.75) is 25.8 Å². The molecular formula is C19H19N3O2S. The lowest BCUT2D eigenvalue weighted by molar-refractivity contribution is -0.132. The predicted molar refractivity (Wildman–Crippen MR) is 99.7 cm³/mol. The lowest BCUT2D eigenvalue weighted by Gasteiger charge is -2.26. The molecule has 1 fully saturated rings. The van der Waals surface area contributed by atoms with Gasteiger partial charge in [-0.3, -0.25) is 14.2 Å². The van der Waals surface area contributed by atoms with E-state index in [1.807, 2.05) is 40.6 Å². The Morgan fingerprint density at radius 1 is 1.12 bits per heavy atom. The van der Waals surface area contributed by atoms with Crippen LogP contribution in [-0.4, -0.2) is 33.4 Å². The number of carbonyl (C=O) groups is 1. The molecule has 1 saturated heterocycles. The van der Waals surface area contributed by atoms with Gasteiger partial charge in [0, 0.05) is 24.0 Å². The number of thiophene rings is 1. The van der Waals surface area contributed by atoms with Gasteiger partial charge in [0.05, 0.1) is 11.7 Å². The highest BCUT2D eigenvalue weighted by Gasteiger charge is 2.19. The van der Waals surface area contributed by atoms with Gasteiger partial charge >= 0.3 is 0 Å². The second kappa shape index (κ2) is 6.80. The van der Waals surface area contributed by atoms with E-state index in [9.17, 15) is 9.59 Å². The van der Waals surface area contributed by atoms with Crippen molar-refractivity contribution in [3.8, 4) is 11.1 Å². The van der Waals surface area contributed by atoms with Crippen molar-refractivity contribution in [1.82, 2.24) is 14.5 Å². The third kappa shape index (κ3) is 3.09. The fourth-order valence-electron chi connectivity index (χ4n) is 3.30. The zero-order valence-electron chi connectivity index (χ0n) is 13.9. The molecule has 1 aromatic carbocycles. The summed E-state index contributed by atoms with van der Waals surface area (Å²) in [5.41, 5.74) is 1.74. The Labute approximate surface area is 149 Å². The maximum atomic E-state index is 13.0. The van der Waals surface area contributed by atoms with Crippen LogP contribution in [0.3, 0.4) is 0 Å². The van der Waals surface area contributed by atoms with Crippen molar-refractivity contribution < 1.29 is 4.79 Å². The van der Waals surface area contributed by atoms with Crippen LogP contribution in [0.25, 0.3) is 21.3 Å². The van der Waals surface area contributed by atoms with Crippen LogP contribution in [0.5, 0.6) is 0 Å². The summed E-state index contributed by atoms with van der Waals surface area (Å²) in [6, 6.07) is 9.82. The Bertz CT molecular complexity index is 956. The molecule has 0 bridgehead atoms. The van der Waals surface area contributed by atoms with E-state index >= 15 is 0 Å². The lowest BCUT2D eigenvalue weighted by atomic mass is 10.1. The average Bonchev–Trinajstić information content (AvgIpc) is 3.10. The molecular weight excluding hydrogens is 334 g/mol. The average molecular weight is 353 g/mol. The highest BCUT2D eigenvalue weighted by Crippen LogP contribution is 2.30. The standard InChI is InChI=1S/C19H19N3O2S/c23-16(21-9-5-2-6-10-21)11-22-13-20-18-17(19(22)24)15(12-25-18)14-7-3-1-4-8-14/h1,3-4,7-8,12-13H,2,5-6,9-11H2. The minimum Gasteiger partial charge on any atom is -0.341 e. The van der Waals surface area contributed by atoms with Gasteiger partial charge in [-0.2, -0.15) is 0 Å². The summed E-state index contributed by atoms with van der Waals surface area (Å²) in [4.78, 5) is 32.4. The molecule has 4 rings (SSSR count). The van der Waals surface area contributed by atoms with E-state index in [1.165, 1.54) is 28.7 Å². The molecule has 0 saturated carbocycles. The zero-order chi connectivity index (χ0) is 17.2. The fraction of sp³-hybridized carbons (Fsp3) is 0.316. The van der Waals surface area contributed by atoms with Crippen molar-refractivity contribution >= 4 is 27.5 Å². The number of fused-ring (bicyclic) bond motifs is 1. The number of hydrogen-bond acceptors (Lipinski definition) is 4. The second-order valence-corrected chi connectivity index (χ2v) is 7.17. The third-order valence-electron chi connectivity index (χ3n) is 4.66. The van der Waals surface area contributed by atoms with Gasteiger partial charge in [-0.15, -0.1) is 11.3 Å². The number of benzene rings is 1. The molecule has 3 aromatic rings. The molecule has 1 amide bonds. The Kier molecular flexibility index (Phi) is 4.36. The van der Waals surface area contributed by atoms with Crippen LogP contribution < -0.4 is 5.56 Å².